The van der Waals surface area contributed by atoms with E-state index in [1.54, 1.807) is 24.2 Å². The number of nitrogens with zero attached hydrogens (tertiary/aromatic N) is 6. The van der Waals surface area contributed by atoms with Crippen molar-refractivity contribution in [2.75, 3.05) is 59.8 Å². The van der Waals surface area contributed by atoms with Crippen molar-refractivity contribution in [3.8, 4) is 0 Å². The third-order valence-electron chi connectivity index (χ3n) is 6.80. The van der Waals surface area contributed by atoms with Crippen molar-refractivity contribution in [2.24, 2.45) is 14.1 Å². The predicted octanol–water partition coefficient (Wildman–Crippen LogP) is 0.768. The van der Waals surface area contributed by atoms with Crippen molar-refractivity contribution < 1.29 is 9.18 Å². The molecule has 2 N–H and O–H groups in total. The fourth-order valence-electron chi connectivity index (χ4n) is 4.71. The topological polar surface area (TPSA) is 108 Å². The SMILES string of the molecule is Cn1c2c(c(=O)n(C)c1=O)N(CC(=O)Nc1ccc(N3CCN(Cc4ccc(F)cc4)CC3)cn1)CN2. The molecule has 37 heavy (non-hydrogen) atoms. The van der Waals surface area contributed by atoms with E-state index in [1.807, 2.05) is 18.2 Å². The highest BCUT2D eigenvalue weighted by Gasteiger charge is 2.28. The Morgan fingerprint density at radius 3 is 2.43 bits per heavy atom. The van der Waals surface area contributed by atoms with Crippen molar-refractivity contribution in [1.29, 1.82) is 0 Å². The number of nitrogens with one attached hydrogen (secondary N) is 2. The monoisotopic (exact) mass is 508 g/mol. The minimum atomic E-state index is -0.448. The Morgan fingerprint density at radius 1 is 1.03 bits per heavy atom. The van der Waals surface area contributed by atoms with Gasteiger partial charge in [-0.1, -0.05) is 12.1 Å². The van der Waals surface area contributed by atoms with E-state index in [0.717, 1.165) is 48.5 Å². The average molecular weight is 509 g/mol. The lowest BCUT2D eigenvalue weighted by molar-refractivity contribution is -0.115. The lowest BCUT2D eigenvalue weighted by Crippen LogP contribution is -2.46. The molecule has 5 rings (SSSR count). The Hall–Kier alpha value is -4.19. The molecule has 0 saturated carbocycles. The fraction of sp³-hybridized carbons (Fsp3) is 0.360. The van der Waals surface area contributed by atoms with E-state index in [9.17, 15) is 18.8 Å². The third-order valence-corrected chi connectivity index (χ3v) is 6.80. The molecule has 2 aliphatic rings. The molecule has 1 fully saturated rings. The highest BCUT2D eigenvalue weighted by molar-refractivity contribution is 5.94. The Bertz CT molecular complexity index is 1410. The second-order valence-corrected chi connectivity index (χ2v) is 9.28. The maximum atomic E-state index is 13.1. The van der Waals surface area contributed by atoms with Crippen LogP contribution in [0.25, 0.3) is 0 Å². The van der Waals surface area contributed by atoms with E-state index in [2.05, 4.69) is 25.4 Å². The van der Waals surface area contributed by atoms with Gasteiger partial charge in [-0.25, -0.2) is 14.2 Å². The van der Waals surface area contributed by atoms with E-state index in [0.29, 0.717) is 17.3 Å². The van der Waals surface area contributed by atoms with Gasteiger partial charge in [0.1, 0.15) is 23.1 Å². The van der Waals surface area contributed by atoms with Crippen molar-refractivity contribution in [2.45, 2.75) is 6.54 Å². The molecule has 0 atom stereocenters. The number of halogens is 1. The van der Waals surface area contributed by atoms with Crippen LogP contribution in [0.5, 0.6) is 0 Å². The molecule has 12 heteroatoms. The third kappa shape index (κ3) is 5.05. The zero-order valence-corrected chi connectivity index (χ0v) is 20.8. The van der Waals surface area contributed by atoms with Gasteiger partial charge < -0.3 is 20.4 Å². The maximum absolute atomic E-state index is 13.1. The van der Waals surface area contributed by atoms with Crippen LogP contribution in [0.1, 0.15) is 5.56 Å². The number of fused-ring (bicyclic) bond motifs is 1. The van der Waals surface area contributed by atoms with E-state index >= 15 is 0 Å². The highest BCUT2D eigenvalue weighted by atomic mass is 19.1. The van der Waals surface area contributed by atoms with Crippen molar-refractivity contribution in [1.82, 2.24) is 19.0 Å². The molecule has 11 nitrogen and oxygen atoms in total. The normalized spacial score (nSPS) is 15.4. The number of hydrogen-bond donors (Lipinski definition) is 2. The minimum absolute atomic E-state index is 0.0626. The van der Waals surface area contributed by atoms with Crippen LogP contribution < -0.4 is 31.7 Å². The number of anilines is 4. The molecule has 0 bridgehead atoms. The first kappa shape index (κ1) is 24.5. The first-order valence-electron chi connectivity index (χ1n) is 12.1. The van der Waals surface area contributed by atoms with Crippen molar-refractivity contribution in [3.05, 3.63) is 74.8 Å². The molecule has 0 spiro atoms. The maximum Gasteiger partial charge on any atom is 0.332 e. The predicted molar refractivity (Wildman–Crippen MR) is 140 cm³/mol. The van der Waals surface area contributed by atoms with Crippen LogP contribution in [0.2, 0.25) is 0 Å². The highest BCUT2D eigenvalue weighted by Crippen LogP contribution is 2.25. The Labute approximate surface area is 212 Å². The largest absolute Gasteiger partial charge is 0.368 e. The summed E-state index contributed by atoms with van der Waals surface area (Å²) in [5.41, 5.74) is 1.48. The van der Waals surface area contributed by atoms with Gasteiger partial charge in [0.25, 0.3) is 5.56 Å². The summed E-state index contributed by atoms with van der Waals surface area (Å²) in [6.07, 6.45) is 1.74. The van der Waals surface area contributed by atoms with Gasteiger partial charge >= 0.3 is 5.69 Å². The van der Waals surface area contributed by atoms with E-state index in [4.69, 9.17) is 0 Å². The van der Waals surface area contributed by atoms with Gasteiger partial charge in [-0.05, 0) is 29.8 Å². The van der Waals surface area contributed by atoms with Gasteiger partial charge in [-0.15, -0.1) is 0 Å². The Morgan fingerprint density at radius 2 is 1.76 bits per heavy atom. The summed E-state index contributed by atoms with van der Waals surface area (Å²) >= 11 is 0. The summed E-state index contributed by atoms with van der Waals surface area (Å²) in [6.45, 7) is 4.41. The average Bonchev–Trinajstić information content (AvgIpc) is 3.32. The first-order valence-corrected chi connectivity index (χ1v) is 12.1. The van der Waals surface area contributed by atoms with Crippen LogP contribution >= 0.6 is 0 Å². The number of rotatable bonds is 6. The van der Waals surface area contributed by atoms with E-state index in [-0.39, 0.29) is 24.9 Å². The van der Waals surface area contributed by atoms with Gasteiger partial charge in [-0.3, -0.25) is 23.6 Å². The number of amides is 1. The van der Waals surface area contributed by atoms with Crippen LogP contribution in [-0.2, 0) is 25.4 Å². The number of piperazine rings is 1. The Balaban J connectivity index is 1.15. The van der Waals surface area contributed by atoms with Gasteiger partial charge in [0.2, 0.25) is 5.91 Å². The standard InChI is InChI=1S/C25H29FN8O3/c1-30-23-22(24(36)31(2)25(30)37)34(16-28-23)15-21(35)29-20-8-7-19(13-27-20)33-11-9-32(10-12-33)14-17-3-5-18(26)6-4-17/h3-8,13,28H,9-12,14-16H2,1-2H3,(H,27,29,35). The molecule has 2 aliphatic heterocycles. The molecular formula is C25H29FN8O3. The summed E-state index contributed by atoms with van der Waals surface area (Å²) < 4.78 is 15.5. The first-order chi connectivity index (χ1) is 17.8. The quantitative estimate of drug-likeness (QED) is 0.503. The smallest absolute Gasteiger partial charge is 0.332 e. The number of aromatic nitrogens is 3. The van der Waals surface area contributed by atoms with Crippen molar-refractivity contribution >= 4 is 28.9 Å². The second kappa shape index (κ2) is 10.1. The summed E-state index contributed by atoms with van der Waals surface area (Å²) in [6, 6.07) is 10.3. The molecule has 4 heterocycles. The van der Waals surface area contributed by atoms with Gasteiger partial charge in [0, 0.05) is 46.8 Å². The zero-order chi connectivity index (χ0) is 26.1. The molecule has 0 aliphatic carbocycles. The Kier molecular flexibility index (Phi) is 6.66. The van der Waals surface area contributed by atoms with Crippen molar-refractivity contribution in [3.63, 3.8) is 0 Å². The lowest BCUT2D eigenvalue weighted by atomic mass is 10.2. The number of carbonyl (C=O) groups is 1. The summed E-state index contributed by atoms with van der Waals surface area (Å²) in [5, 5.41) is 5.79. The molecule has 2 aromatic heterocycles. The summed E-state index contributed by atoms with van der Waals surface area (Å²) in [4.78, 5) is 48.0. The van der Waals surface area contributed by atoms with E-state index < -0.39 is 11.2 Å². The minimum Gasteiger partial charge on any atom is -0.368 e. The molecule has 3 aromatic rings. The number of benzene rings is 1. The second-order valence-electron chi connectivity index (χ2n) is 9.28. The van der Waals surface area contributed by atoms with Gasteiger partial charge in [-0.2, -0.15) is 0 Å². The van der Waals surface area contributed by atoms with Gasteiger partial charge in [0.15, 0.2) is 0 Å². The van der Waals surface area contributed by atoms with Crippen LogP contribution in [0.15, 0.2) is 52.2 Å². The van der Waals surface area contributed by atoms with Crippen LogP contribution in [0, 0.1) is 5.82 Å². The molecule has 0 radical (unpaired) electrons. The molecule has 1 saturated heterocycles. The molecule has 1 aromatic carbocycles. The molecule has 0 unspecified atom stereocenters. The number of pyridine rings is 1. The lowest BCUT2D eigenvalue weighted by Gasteiger charge is -2.36. The number of carbonyl (C=O) groups excluding carboxylic acids is 1. The van der Waals surface area contributed by atoms with Crippen LogP contribution in [-0.4, -0.2) is 64.3 Å². The van der Waals surface area contributed by atoms with Crippen LogP contribution in [0.4, 0.5) is 27.4 Å². The number of hydrogen-bond acceptors (Lipinski definition) is 8. The molecule has 1 amide bonds. The van der Waals surface area contributed by atoms with Crippen LogP contribution in [0.3, 0.4) is 0 Å². The molecule has 194 valence electrons. The summed E-state index contributed by atoms with van der Waals surface area (Å²) in [7, 11) is 2.99. The zero-order valence-electron chi connectivity index (χ0n) is 20.8. The van der Waals surface area contributed by atoms with Gasteiger partial charge in [0.05, 0.1) is 25.1 Å². The molecular weight excluding hydrogens is 479 g/mol. The van der Waals surface area contributed by atoms with E-state index in [1.165, 1.54) is 23.7 Å². The fourth-order valence-corrected chi connectivity index (χ4v) is 4.71. The summed E-state index contributed by atoms with van der Waals surface area (Å²) in [5.74, 6) is 0.281.